The fraction of sp³-hybridized carbons (Fsp3) is 0.174. The summed E-state index contributed by atoms with van der Waals surface area (Å²) in [4.78, 5) is 20.4. The Balaban J connectivity index is 1.68. The van der Waals surface area contributed by atoms with Crippen molar-refractivity contribution in [2.24, 2.45) is 0 Å². The Hall–Kier alpha value is -3.87. The van der Waals surface area contributed by atoms with E-state index in [1.165, 1.54) is 12.1 Å². The standard InChI is InChI=1S/C23H23N3O4/c1-3-29-21-13-17(7-10-20(21)30-15-18-5-4-12-24-14-18)8-11-22(28)26-23-19(27)9-6-16(2)25-23/h4-14,27H,3,15H2,1-2H3,(H,25,26,28)/b11-8+. The lowest BCUT2D eigenvalue weighted by molar-refractivity contribution is -0.111. The Morgan fingerprint density at radius 2 is 2.03 bits per heavy atom. The molecule has 0 aliphatic rings. The van der Waals surface area contributed by atoms with E-state index in [0.29, 0.717) is 30.4 Å². The van der Waals surface area contributed by atoms with Gasteiger partial charge in [0.1, 0.15) is 6.61 Å². The highest BCUT2D eigenvalue weighted by atomic mass is 16.5. The topological polar surface area (TPSA) is 93.6 Å². The van der Waals surface area contributed by atoms with Gasteiger partial charge in [0.25, 0.3) is 0 Å². The molecule has 0 aliphatic heterocycles. The van der Waals surface area contributed by atoms with E-state index in [-0.39, 0.29) is 11.6 Å². The predicted octanol–water partition coefficient (Wildman–Crippen LogP) is 4.12. The number of carbonyl (C=O) groups is 1. The number of anilines is 1. The van der Waals surface area contributed by atoms with Crippen molar-refractivity contribution >= 4 is 17.8 Å². The van der Waals surface area contributed by atoms with E-state index in [1.54, 1.807) is 43.6 Å². The molecule has 0 saturated carbocycles. The third-order valence-corrected chi connectivity index (χ3v) is 4.07. The monoisotopic (exact) mass is 405 g/mol. The molecule has 2 N–H and O–H groups in total. The van der Waals surface area contributed by atoms with Crippen LogP contribution in [0, 0.1) is 6.92 Å². The number of carbonyl (C=O) groups excluding carboxylic acids is 1. The van der Waals surface area contributed by atoms with Crippen molar-refractivity contribution < 1.29 is 19.4 Å². The third-order valence-electron chi connectivity index (χ3n) is 4.07. The summed E-state index contributed by atoms with van der Waals surface area (Å²) in [6, 6.07) is 12.4. The smallest absolute Gasteiger partial charge is 0.249 e. The van der Waals surface area contributed by atoms with Crippen LogP contribution in [0.15, 0.2) is 60.9 Å². The summed E-state index contributed by atoms with van der Waals surface area (Å²) < 4.78 is 11.5. The highest BCUT2D eigenvalue weighted by Crippen LogP contribution is 2.30. The number of nitrogens with one attached hydrogen (secondary N) is 1. The zero-order chi connectivity index (χ0) is 21.3. The maximum atomic E-state index is 12.2. The first-order chi connectivity index (χ1) is 14.5. The second kappa shape index (κ2) is 10.1. The van der Waals surface area contributed by atoms with Crippen LogP contribution in [-0.4, -0.2) is 27.6 Å². The summed E-state index contributed by atoms with van der Waals surface area (Å²) in [5, 5.41) is 12.4. The van der Waals surface area contributed by atoms with Gasteiger partial charge in [-0.05, 0) is 55.8 Å². The van der Waals surface area contributed by atoms with Gasteiger partial charge in [-0.25, -0.2) is 4.98 Å². The fourth-order valence-electron chi connectivity index (χ4n) is 2.63. The van der Waals surface area contributed by atoms with Gasteiger partial charge < -0.3 is 19.9 Å². The number of hydrogen-bond donors (Lipinski definition) is 2. The van der Waals surface area contributed by atoms with Crippen LogP contribution in [0.4, 0.5) is 5.82 Å². The molecule has 0 aliphatic carbocycles. The first-order valence-electron chi connectivity index (χ1n) is 9.49. The Morgan fingerprint density at radius 3 is 2.80 bits per heavy atom. The minimum Gasteiger partial charge on any atom is -0.504 e. The number of aryl methyl sites for hydroxylation is 1. The SMILES string of the molecule is CCOc1cc(/C=C/C(=O)Nc2nc(C)ccc2O)ccc1OCc1cccnc1. The molecule has 0 unspecified atom stereocenters. The van der Waals surface area contributed by atoms with Crippen molar-refractivity contribution in [2.45, 2.75) is 20.5 Å². The molecule has 0 radical (unpaired) electrons. The van der Waals surface area contributed by atoms with Crippen LogP contribution >= 0.6 is 0 Å². The summed E-state index contributed by atoms with van der Waals surface area (Å²) in [5.74, 6) is 0.825. The van der Waals surface area contributed by atoms with E-state index in [2.05, 4.69) is 15.3 Å². The van der Waals surface area contributed by atoms with Gasteiger partial charge in [0.2, 0.25) is 5.91 Å². The van der Waals surface area contributed by atoms with Crippen LogP contribution in [0.2, 0.25) is 0 Å². The molecule has 154 valence electrons. The average molecular weight is 405 g/mol. The second-order valence-corrected chi connectivity index (χ2v) is 6.43. The number of aromatic nitrogens is 2. The summed E-state index contributed by atoms with van der Waals surface area (Å²) in [5.41, 5.74) is 2.41. The van der Waals surface area contributed by atoms with Gasteiger partial charge >= 0.3 is 0 Å². The predicted molar refractivity (Wildman–Crippen MR) is 114 cm³/mol. The fourth-order valence-corrected chi connectivity index (χ4v) is 2.63. The van der Waals surface area contributed by atoms with Crippen LogP contribution in [-0.2, 0) is 11.4 Å². The van der Waals surface area contributed by atoms with E-state index in [1.807, 2.05) is 25.1 Å². The van der Waals surface area contributed by atoms with E-state index >= 15 is 0 Å². The largest absolute Gasteiger partial charge is 0.504 e. The number of benzene rings is 1. The molecular formula is C23H23N3O4. The average Bonchev–Trinajstić information content (AvgIpc) is 2.75. The van der Waals surface area contributed by atoms with Crippen molar-refractivity contribution in [1.29, 1.82) is 0 Å². The Bertz CT molecular complexity index is 1040. The minimum absolute atomic E-state index is 0.0869. The lowest BCUT2D eigenvalue weighted by atomic mass is 10.2. The number of ether oxygens (including phenoxy) is 2. The van der Waals surface area contributed by atoms with Crippen LogP contribution < -0.4 is 14.8 Å². The van der Waals surface area contributed by atoms with Crippen molar-refractivity contribution in [2.75, 3.05) is 11.9 Å². The number of pyridine rings is 2. The molecule has 0 atom stereocenters. The van der Waals surface area contributed by atoms with Crippen molar-refractivity contribution in [1.82, 2.24) is 9.97 Å². The van der Waals surface area contributed by atoms with Gasteiger partial charge in [-0.2, -0.15) is 0 Å². The molecule has 1 aromatic carbocycles. The van der Waals surface area contributed by atoms with E-state index in [4.69, 9.17) is 9.47 Å². The quantitative estimate of drug-likeness (QED) is 0.548. The molecule has 2 heterocycles. The normalized spacial score (nSPS) is 10.7. The number of aromatic hydroxyl groups is 1. The highest BCUT2D eigenvalue weighted by molar-refractivity contribution is 6.02. The second-order valence-electron chi connectivity index (χ2n) is 6.43. The molecule has 2 aromatic heterocycles. The summed E-state index contributed by atoms with van der Waals surface area (Å²) in [7, 11) is 0. The highest BCUT2D eigenvalue weighted by Gasteiger charge is 2.08. The molecule has 0 fully saturated rings. The van der Waals surface area contributed by atoms with Gasteiger partial charge in [-0.15, -0.1) is 0 Å². The zero-order valence-corrected chi connectivity index (χ0v) is 16.8. The maximum Gasteiger partial charge on any atom is 0.249 e. The molecule has 0 bridgehead atoms. The number of amides is 1. The van der Waals surface area contributed by atoms with Gasteiger partial charge in [-0.3, -0.25) is 9.78 Å². The summed E-state index contributed by atoms with van der Waals surface area (Å²) in [6.45, 7) is 4.52. The molecule has 7 heteroatoms. The van der Waals surface area contributed by atoms with Crippen molar-refractivity contribution in [3.8, 4) is 17.2 Å². The lowest BCUT2D eigenvalue weighted by Crippen LogP contribution is -2.09. The molecule has 3 aromatic rings. The summed E-state index contributed by atoms with van der Waals surface area (Å²) >= 11 is 0. The summed E-state index contributed by atoms with van der Waals surface area (Å²) in [6.07, 6.45) is 6.47. The van der Waals surface area contributed by atoms with Crippen molar-refractivity contribution in [3.63, 3.8) is 0 Å². The Morgan fingerprint density at radius 1 is 1.17 bits per heavy atom. The molecule has 7 nitrogen and oxygen atoms in total. The van der Waals surface area contributed by atoms with Crippen LogP contribution in [0.3, 0.4) is 0 Å². The Labute approximate surface area is 175 Å². The molecular weight excluding hydrogens is 382 g/mol. The number of nitrogens with zero attached hydrogens (tertiary/aromatic N) is 2. The van der Waals surface area contributed by atoms with Crippen LogP contribution in [0.25, 0.3) is 6.08 Å². The van der Waals surface area contributed by atoms with Gasteiger partial charge in [0.15, 0.2) is 23.1 Å². The zero-order valence-electron chi connectivity index (χ0n) is 16.8. The molecule has 30 heavy (non-hydrogen) atoms. The van der Waals surface area contributed by atoms with Gasteiger partial charge in [0, 0.05) is 29.7 Å². The van der Waals surface area contributed by atoms with Crippen LogP contribution in [0.1, 0.15) is 23.7 Å². The number of hydrogen-bond acceptors (Lipinski definition) is 6. The molecule has 0 saturated heterocycles. The van der Waals surface area contributed by atoms with E-state index in [0.717, 1.165) is 11.1 Å². The third kappa shape index (κ3) is 5.81. The van der Waals surface area contributed by atoms with E-state index < -0.39 is 5.91 Å². The van der Waals surface area contributed by atoms with Gasteiger partial charge in [0.05, 0.1) is 6.61 Å². The van der Waals surface area contributed by atoms with Gasteiger partial charge in [-0.1, -0.05) is 12.1 Å². The van der Waals surface area contributed by atoms with E-state index in [9.17, 15) is 9.90 Å². The first-order valence-corrected chi connectivity index (χ1v) is 9.49. The maximum absolute atomic E-state index is 12.2. The molecule has 3 rings (SSSR count). The Kier molecular flexibility index (Phi) is 7.00. The number of rotatable bonds is 8. The first kappa shape index (κ1) is 20.9. The minimum atomic E-state index is -0.404. The molecule has 1 amide bonds. The van der Waals surface area contributed by atoms with Crippen LogP contribution in [0.5, 0.6) is 17.2 Å². The van der Waals surface area contributed by atoms with Crippen molar-refractivity contribution in [3.05, 3.63) is 77.8 Å². The lowest BCUT2D eigenvalue weighted by Gasteiger charge is -2.12. The molecule has 0 spiro atoms.